The smallest absolute Gasteiger partial charge is 0.266 e. The lowest BCUT2D eigenvalue weighted by Gasteiger charge is -2.10. The third kappa shape index (κ3) is 3.57. The van der Waals surface area contributed by atoms with Gasteiger partial charge in [0.2, 0.25) is 11.6 Å². The van der Waals surface area contributed by atoms with Crippen LogP contribution in [0.15, 0.2) is 54.9 Å². The van der Waals surface area contributed by atoms with E-state index < -0.39 is 0 Å². The van der Waals surface area contributed by atoms with Crippen molar-refractivity contribution >= 4 is 28.3 Å². The van der Waals surface area contributed by atoms with Gasteiger partial charge in [-0.1, -0.05) is 26.0 Å². The third-order valence-corrected chi connectivity index (χ3v) is 4.05. The number of hydrogen-bond donors (Lipinski definition) is 1. The van der Waals surface area contributed by atoms with E-state index in [4.69, 9.17) is 4.74 Å². The lowest BCUT2D eigenvalue weighted by atomic mass is 10.1. The van der Waals surface area contributed by atoms with Crippen molar-refractivity contribution in [3.8, 4) is 11.6 Å². The van der Waals surface area contributed by atoms with E-state index in [-0.39, 0.29) is 5.91 Å². The molecule has 0 radical (unpaired) electrons. The molecule has 0 aliphatic carbocycles. The fourth-order valence-corrected chi connectivity index (χ4v) is 2.85. The van der Waals surface area contributed by atoms with E-state index in [2.05, 4.69) is 20.5 Å². The second-order valence-electron chi connectivity index (χ2n) is 6.70. The number of carbonyl (C=O) groups is 1. The van der Waals surface area contributed by atoms with Crippen molar-refractivity contribution in [2.45, 2.75) is 20.3 Å². The SMILES string of the molecule is CC(C)CC(=O)Nc1ccc(Oc2nc3ccccc3n3cnnc23)cc1. The number of hydrogen-bond acceptors (Lipinski definition) is 5. The van der Waals surface area contributed by atoms with E-state index in [0.29, 0.717) is 29.6 Å². The normalized spacial score (nSPS) is 11.2. The molecule has 0 spiro atoms. The van der Waals surface area contributed by atoms with Crippen LogP contribution in [0.5, 0.6) is 11.6 Å². The Morgan fingerprint density at radius 1 is 1.15 bits per heavy atom. The van der Waals surface area contributed by atoms with E-state index in [1.165, 1.54) is 0 Å². The Balaban J connectivity index is 1.58. The second kappa shape index (κ2) is 7.03. The lowest BCUT2D eigenvalue weighted by Crippen LogP contribution is -2.13. The topological polar surface area (TPSA) is 81.4 Å². The Morgan fingerprint density at radius 3 is 2.70 bits per heavy atom. The van der Waals surface area contributed by atoms with Gasteiger partial charge in [0.25, 0.3) is 5.88 Å². The number of fused-ring (bicyclic) bond motifs is 3. The standard InChI is InChI=1S/C20H19N5O2/c1-13(2)11-18(26)22-14-7-9-15(10-8-14)27-20-19-24-21-12-25(19)17-6-4-3-5-16(17)23-20/h3-10,12-13H,11H2,1-2H3,(H,22,26). The molecule has 2 heterocycles. The summed E-state index contributed by atoms with van der Waals surface area (Å²) >= 11 is 0. The molecule has 136 valence electrons. The summed E-state index contributed by atoms with van der Waals surface area (Å²) in [6.07, 6.45) is 2.13. The van der Waals surface area contributed by atoms with Crippen LogP contribution in [-0.4, -0.2) is 25.5 Å². The summed E-state index contributed by atoms with van der Waals surface area (Å²) in [5.74, 6) is 1.30. The molecule has 4 rings (SSSR count). The molecule has 27 heavy (non-hydrogen) atoms. The molecule has 7 nitrogen and oxygen atoms in total. The van der Waals surface area contributed by atoms with Gasteiger partial charge < -0.3 is 10.1 Å². The first-order valence-corrected chi connectivity index (χ1v) is 8.76. The van der Waals surface area contributed by atoms with Gasteiger partial charge in [0, 0.05) is 12.1 Å². The van der Waals surface area contributed by atoms with Crippen LogP contribution in [0.4, 0.5) is 5.69 Å². The van der Waals surface area contributed by atoms with Gasteiger partial charge in [0.05, 0.1) is 11.0 Å². The molecule has 2 aromatic carbocycles. The molecule has 0 aliphatic heterocycles. The number of amides is 1. The van der Waals surface area contributed by atoms with Crippen molar-refractivity contribution in [3.63, 3.8) is 0 Å². The third-order valence-electron chi connectivity index (χ3n) is 4.05. The van der Waals surface area contributed by atoms with Gasteiger partial charge in [-0.15, -0.1) is 10.2 Å². The summed E-state index contributed by atoms with van der Waals surface area (Å²) in [7, 11) is 0. The van der Waals surface area contributed by atoms with Gasteiger partial charge in [0.15, 0.2) is 0 Å². The van der Waals surface area contributed by atoms with E-state index in [9.17, 15) is 4.79 Å². The van der Waals surface area contributed by atoms with Crippen molar-refractivity contribution in [1.29, 1.82) is 0 Å². The van der Waals surface area contributed by atoms with Crippen LogP contribution in [0.3, 0.4) is 0 Å². The summed E-state index contributed by atoms with van der Waals surface area (Å²) in [5.41, 5.74) is 2.97. The largest absolute Gasteiger partial charge is 0.436 e. The molecule has 0 fully saturated rings. The maximum absolute atomic E-state index is 11.9. The maximum Gasteiger partial charge on any atom is 0.266 e. The molecule has 1 N–H and O–H groups in total. The van der Waals surface area contributed by atoms with Crippen LogP contribution in [-0.2, 0) is 4.79 Å². The fourth-order valence-electron chi connectivity index (χ4n) is 2.85. The molecule has 0 aliphatic rings. The van der Waals surface area contributed by atoms with Crippen molar-refractivity contribution < 1.29 is 9.53 Å². The quantitative estimate of drug-likeness (QED) is 0.580. The minimum atomic E-state index is 0.0000302. The molecule has 0 saturated carbocycles. The Hall–Kier alpha value is -3.48. The molecule has 1 amide bonds. The van der Waals surface area contributed by atoms with E-state index in [1.807, 2.05) is 42.5 Å². The lowest BCUT2D eigenvalue weighted by molar-refractivity contribution is -0.116. The highest BCUT2D eigenvalue weighted by molar-refractivity contribution is 5.90. The number of nitrogens with zero attached hydrogens (tertiary/aromatic N) is 4. The molecular weight excluding hydrogens is 342 g/mol. The molecular formula is C20H19N5O2. The number of aromatic nitrogens is 4. The zero-order valence-corrected chi connectivity index (χ0v) is 15.1. The van der Waals surface area contributed by atoms with Crippen LogP contribution in [0.25, 0.3) is 16.7 Å². The summed E-state index contributed by atoms with van der Waals surface area (Å²) in [6, 6.07) is 14.9. The van der Waals surface area contributed by atoms with Gasteiger partial charge in [-0.25, -0.2) is 4.98 Å². The molecule has 0 atom stereocenters. The highest BCUT2D eigenvalue weighted by atomic mass is 16.5. The predicted octanol–water partition coefficient (Wildman–Crippen LogP) is 4.05. The first kappa shape index (κ1) is 17.0. The summed E-state index contributed by atoms with van der Waals surface area (Å²) in [4.78, 5) is 16.4. The average molecular weight is 361 g/mol. The Labute approximate surface area is 156 Å². The number of nitrogens with one attached hydrogen (secondary N) is 1. The van der Waals surface area contributed by atoms with Gasteiger partial charge in [-0.2, -0.15) is 0 Å². The fraction of sp³-hybridized carbons (Fsp3) is 0.200. The molecule has 0 bridgehead atoms. The van der Waals surface area contributed by atoms with Crippen molar-refractivity contribution in [2.75, 3.05) is 5.32 Å². The summed E-state index contributed by atoms with van der Waals surface area (Å²) < 4.78 is 7.78. The summed E-state index contributed by atoms with van der Waals surface area (Å²) in [6.45, 7) is 4.02. The highest BCUT2D eigenvalue weighted by Gasteiger charge is 2.12. The Kier molecular flexibility index (Phi) is 4.42. The van der Waals surface area contributed by atoms with Gasteiger partial charge in [-0.05, 0) is 42.3 Å². The maximum atomic E-state index is 11.9. The zero-order valence-electron chi connectivity index (χ0n) is 15.1. The Morgan fingerprint density at radius 2 is 1.93 bits per heavy atom. The highest BCUT2D eigenvalue weighted by Crippen LogP contribution is 2.27. The minimum Gasteiger partial charge on any atom is -0.436 e. The van der Waals surface area contributed by atoms with Crippen LogP contribution in [0.2, 0.25) is 0 Å². The van der Waals surface area contributed by atoms with Crippen molar-refractivity contribution in [3.05, 3.63) is 54.9 Å². The number of rotatable bonds is 5. The molecule has 2 aromatic heterocycles. The molecule has 0 unspecified atom stereocenters. The Bertz CT molecular complexity index is 1100. The second-order valence-corrected chi connectivity index (χ2v) is 6.70. The average Bonchev–Trinajstić information content (AvgIpc) is 3.13. The van der Waals surface area contributed by atoms with E-state index in [1.54, 1.807) is 30.6 Å². The van der Waals surface area contributed by atoms with Crippen LogP contribution in [0.1, 0.15) is 20.3 Å². The predicted molar refractivity (Wildman–Crippen MR) is 103 cm³/mol. The van der Waals surface area contributed by atoms with Crippen LogP contribution >= 0.6 is 0 Å². The monoisotopic (exact) mass is 361 g/mol. The van der Waals surface area contributed by atoms with E-state index in [0.717, 1.165) is 16.7 Å². The van der Waals surface area contributed by atoms with Crippen molar-refractivity contribution in [2.24, 2.45) is 5.92 Å². The van der Waals surface area contributed by atoms with Gasteiger partial charge in [0.1, 0.15) is 12.1 Å². The summed E-state index contributed by atoms with van der Waals surface area (Å²) in [5, 5.41) is 11.0. The first-order valence-electron chi connectivity index (χ1n) is 8.76. The van der Waals surface area contributed by atoms with Gasteiger partial charge in [-0.3, -0.25) is 9.20 Å². The van der Waals surface area contributed by atoms with E-state index >= 15 is 0 Å². The number of anilines is 1. The first-order chi connectivity index (χ1) is 13.1. The molecule has 4 aromatic rings. The molecule has 0 saturated heterocycles. The molecule has 7 heteroatoms. The van der Waals surface area contributed by atoms with Crippen LogP contribution < -0.4 is 10.1 Å². The number of carbonyl (C=O) groups excluding carboxylic acids is 1. The number of para-hydroxylation sites is 2. The minimum absolute atomic E-state index is 0.0000302. The van der Waals surface area contributed by atoms with Crippen LogP contribution in [0, 0.1) is 5.92 Å². The zero-order chi connectivity index (χ0) is 18.8. The van der Waals surface area contributed by atoms with Crippen molar-refractivity contribution in [1.82, 2.24) is 19.6 Å². The van der Waals surface area contributed by atoms with Gasteiger partial charge >= 0.3 is 0 Å². The number of benzene rings is 2. The number of ether oxygens (including phenoxy) is 1.